The van der Waals surface area contributed by atoms with Crippen molar-refractivity contribution in [2.75, 3.05) is 4.90 Å². The van der Waals surface area contributed by atoms with Crippen LogP contribution in [0.2, 0.25) is 0 Å². The fourth-order valence-electron chi connectivity index (χ4n) is 3.20. The van der Waals surface area contributed by atoms with Crippen molar-refractivity contribution in [1.82, 2.24) is 0 Å². The second kappa shape index (κ2) is 7.95. The largest absolute Gasteiger partial charge is 0.340 e. The molecule has 0 amide bonds. The normalized spacial score (nSPS) is 16.7. The Balaban J connectivity index is 1.86. The van der Waals surface area contributed by atoms with Crippen LogP contribution >= 0.6 is 0 Å². The second-order valence-corrected chi connectivity index (χ2v) is 6.53. The first-order chi connectivity index (χ1) is 12.6. The molecule has 1 aliphatic rings. The number of rotatable bonds is 6. The summed E-state index contributed by atoms with van der Waals surface area (Å²) in [6.45, 7) is 2.18. The fraction of sp³-hybridized carbons (Fsp3) is 0.286. The Hall–Kier alpha value is -2.95. The van der Waals surface area contributed by atoms with E-state index in [1.807, 2.05) is 0 Å². The minimum absolute atomic E-state index is 0.0539. The molecule has 2 aromatic rings. The number of nitro groups is 1. The van der Waals surface area contributed by atoms with Gasteiger partial charge in [-0.15, -0.1) is 0 Å². The lowest BCUT2D eigenvalue weighted by molar-refractivity contribution is -0.384. The van der Waals surface area contributed by atoms with Crippen molar-refractivity contribution in [3.8, 4) is 0 Å². The number of anilines is 1. The van der Waals surface area contributed by atoms with Crippen LogP contribution in [0.5, 0.6) is 0 Å². The van der Waals surface area contributed by atoms with Crippen molar-refractivity contribution >= 4 is 17.2 Å². The lowest BCUT2D eigenvalue weighted by Gasteiger charge is -2.33. The molecular weight excluding hydrogens is 328 g/mol. The van der Waals surface area contributed by atoms with Gasteiger partial charge in [0.1, 0.15) is 0 Å². The van der Waals surface area contributed by atoms with E-state index < -0.39 is 4.92 Å². The summed E-state index contributed by atoms with van der Waals surface area (Å²) in [5, 5.41) is 10.9. The van der Waals surface area contributed by atoms with Crippen LogP contribution in [0, 0.1) is 10.1 Å². The van der Waals surface area contributed by atoms with Gasteiger partial charge in [0, 0.05) is 30.4 Å². The summed E-state index contributed by atoms with van der Waals surface area (Å²) in [6, 6.07) is 14.7. The number of nitrogens with zero attached hydrogens (tertiary/aromatic N) is 2. The molecule has 2 aromatic carbocycles. The van der Waals surface area contributed by atoms with Crippen LogP contribution in [-0.2, 0) is 11.2 Å². The Bertz CT molecular complexity index is 810. The summed E-state index contributed by atoms with van der Waals surface area (Å²) in [6.07, 6.45) is 7.15. The predicted octanol–water partition coefficient (Wildman–Crippen LogP) is 4.97. The standard InChI is InChI=1S/C21H22N2O3/c1-2-3-4-16-5-9-18(10-6-16)22-14-13-20(24)15-21(22)17-7-11-19(12-8-17)23(25)26/h5-14,21H,2-4,15H2,1H3. The first-order valence-electron chi connectivity index (χ1n) is 8.91. The zero-order valence-corrected chi connectivity index (χ0v) is 14.8. The Kier molecular flexibility index (Phi) is 5.46. The first kappa shape index (κ1) is 17.9. The summed E-state index contributed by atoms with van der Waals surface area (Å²) in [7, 11) is 0. The molecule has 134 valence electrons. The number of nitro benzene ring substituents is 1. The van der Waals surface area contributed by atoms with Gasteiger partial charge in [-0.25, -0.2) is 0 Å². The van der Waals surface area contributed by atoms with Gasteiger partial charge in [-0.3, -0.25) is 14.9 Å². The molecule has 0 N–H and O–H groups in total. The van der Waals surface area contributed by atoms with Crippen LogP contribution in [0.3, 0.4) is 0 Å². The molecule has 0 spiro atoms. The number of allylic oxidation sites excluding steroid dienone is 1. The Morgan fingerprint density at radius 3 is 2.42 bits per heavy atom. The van der Waals surface area contributed by atoms with Crippen LogP contribution in [0.25, 0.3) is 0 Å². The zero-order valence-electron chi connectivity index (χ0n) is 14.8. The summed E-state index contributed by atoms with van der Waals surface area (Å²) in [5.74, 6) is 0.0594. The molecule has 1 aliphatic heterocycles. The van der Waals surface area contributed by atoms with Gasteiger partial charge < -0.3 is 4.90 Å². The predicted molar refractivity (Wildman–Crippen MR) is 102 cm³/mol. The second-order valence-electron chi connectivity index (χ2n) is 6.53. The Labute approximate surface area is 153 Å². The number of ketones is 1. The Morgan fingerprint density at radius 1 is 1.12 bits per heavy atom. The minimum Gasteiger partial charge on any atom is -0.340 e. The van der Waals surface area contributed by atoms with Gasteiger partial charge in [0.2, 0.25) is 0 Å². The van der Waals surface area contributed by atoms with Crippen molar-refractivity contribution in [2.45, 2.75) is 38.6 Å². The highest BCUT2D eigenvalue weighted by molar-refractivity contribution is 5.92. The SMILES string of the molecule is CCCCc1ccc(N2C=CC(=O)CC2c2ccc([N+](=O)[O-])cc2)cc1. The van der Waals surface area contributed by atoms with E-state index in [1.165, 1.54) is 30.5 Å². The number of carbonyl (C=O) groups excluding carboxylic acids is 1. The summed E-state index contributed by atoms with van der Waals surface area (Å²) in [4.78, 5) is 24.5. The van der Waals surface area contributed by atoms with E-state index in [9.17, 15) is 14.9 Å². The van der Waals surface area contributed by atoms with E-state index in [0.717, 1.165) is 17.7 Å². The third-order valence-corrected chi connectivity index (χ3v) is 4.69. The maximum absolute atomic E-state index is 11.9. The minimum atomic E-state index is -0.414. The molecule has 5 heteroatoms. The van der Waals surface area contributed by atoms with E-state index in [1.54, 1.807) is 24.4 Å². The molecule has 3 rings (SSSR count). The average molecular weight is 350 g/mol. The Morgan fingerprint density at radius 2 is 1.81 bits per heavy atom. The van der Waals surface area contributed by atoms with Gasteiger partial charge >= 0.3 is 0 Å². The van der Waals surface area contributed by atoms with Crippen molar-refractivity contribution in [3.05, 3.63) is 82.0 Å². The highest BCUT2D eigenvalue weighted by Crippen LogP contribution is 2.34. The number of aryl methyl sites for hydroxylation is 1. The highest BCUT2D eigenvalue weighted by Gasteiger charge is 2.25. The zero-order chi connectivity index (χ0) is 18.5. The molecule has 0 aromatic heterocycles. The summed E-state index contributed by atoms with van der Waals surface area (Å²) >= 11 is 0. The van der Waals surface area contributed by atoms with Gasteiger partial charge in [-0.2, -0.15) is 0 Å². The summed E-state index contributed by atoms with van der Waals surface area (Å²) < 4.78 is 0. The quantitative estimate of drug-likeness (QED) is 0.545. The lowest BCUT2D eigenvalue weighted by atomic mass is 9.96. The molecule has 5 nitrogen and oxygen atoms in total. The third-order valence-electron chi connectivity index (χ3n) is 4.69. The number of benzene rings is 2. The molecule has 0 saturated carbocycles. The number of hydrogen-bond donors (Lipinski definition) is 0. The topological polar surface area (TPSA) is 63.5 Å². The highest BCUT2D eigenvalue weighted by atomic mass is 16.6. The molecule has 0 fully saturated rings. The van der Waals surface area contributed by atoms with Crippen molar-refractivity contribution in [3.63, 3.8) is 0 Å². The van der Waals surface area contributed by atoms with E-state index in [-0.39, 0.29) is 17.5 Å². The number of hydrogen-bond acceptors (Lipinski definition) is 4. The average Bonchev–Trinajstić information content (AvgIpc) is 2.67. The summed E-state index contributed by atoms with van der Waals surface area (Å²) in [5.41, 5.74) is 3.26. The molecule has 0 saturated heterocycles. The van der Waals surface area contributed by atoms with Crippen LogP contribution in [0.4, 0.5) is 11.4 Å². The van der Waals surface area contributed by atoms with Gasteiger partial charge in [-0.05, 0) is 42.2 Å². The molecule has 1 heterocycles. The smallest absolute Gasteiger partial charge is 0.269 e. The van der Waals surface area contributed by atoms with Gasteiger partial charge in [0.05, 0.1) is 11.0 Å². The molecule has 1 atom stereocenters. The van der Waals surface area contributed by atoms with E-state index in [2.05, 4.69) is 36.1 Å². The van der Waals surface area contributed by atoms with E-state index >= 15 is 0 Å². The lowest BCUT2D eigenvalue weighted by Crippen LogP contribution is -2.28. The maximum Gasteiger partial charge on any atom is 0.269 e. The van der Waals surface area contributed by atoms with Crippen LogP contribution < -0.4 is 4.90 Å². The first-order valence-corrected chi connectivity index (χ1v) is 8.91. The number of carbonyl (C=O) groups is 1. The molecular formula is C21H22N2O3. The van der Waals surface area contributed by atoms with E-state index in [4.69, 9.17) is 0 Å². The number of unbranched alkanes of at least 4 members (excludes halogenated alkanes) is 1. The van der Waals surface area contributed by atoms with Crippen LogP contribution in [-0.4, -0.2) is 10.7 Å². The van der Waals surface area contributed by atoms with Gasteiger partial charge in [0.25, 0.3) is 5.69 Å². The molecule has 1 unspecified atom stereocenters. The van der Waals surface area contributed by atoms with Gasteiger partial charge in [-0.1, -0.05) is 37.6 Å². The molecule has 26 heavy (non-hydrogen) atoms. The van der Waals surface area contributed by atoms with E-state index in [0.29, 0.717) is 6.42 Å². The molecule has 0 aliphatic carbocycles. The molecule has 0 bridgehead atoms. The van der Waals surface area contributed by atoms with Crippen LogP contribution in [0.15, 0.2) is 60.8 Å². The van der Waals surface area contributed by atoms with Crippen molar-refractivity contribution < 1.29 is 9.72 Å². The molecule has 0 radical (unpaired) electrons. The maximum atomic E-state index is 11.9. The van der Waals surface area contributed by atoms with Crippen molar-refractivity contribution in [2.24, 2.45) is 0 Å². The van der Waals surface area contributed by atoms with Crippen LogP contribution in [0.1, 0.15) is 43.4 Å². The third kappa shape index (κ3) is 3.99. The monoisotopic (exact) mass is 350 g/mol. The number of non-ortho nitro benzene ring substituents is 1. The van der Waals surface area contributed by atoms with Gasteiger partial charge in [0.15, 0.2) is 5.78 Å². The van der Waals surface area contributed by atoms with Crippen molar-refractivity contribution in [1.29, 1.82) is 0 Å². The fourth-order valence-corrected chi connectivity index (χ4v) is 3.20.